The van der Waals surface area contributed by atoms with Crippen LogP contribution < -0.4 is 0 Å². The lowest BCUT2D eigenvalue weighted by Gasteiger charge is -2.49. The predicted molar refractivity (Wildman–Crippen MR) is 136 cm³/mol. The van der Waals surface area contributed by atoms with Crippen LogP contribution in [0.5, 0.6) is 0 Å². The monoisotopic (exact) mass is 610 g/mol. The molecule has 4 fully saturated rings. The smallest absolute Gasteiger partial charge is 0.316 e. The quantitative estimate of drug-likeness (QED) is 0.166. The highest BCUT2D eigenvalue weighted by Gasteiger charge is 2.59. The summed E-state index contributed by atoms with van der Waals surface area (Å²) in [5, 5.41) is 59.0. The topological polar surface area (TPSA) is 267 Å². The van der Waals surface area contributed by atoms with Crippen LogP contribution in [0.2, 0.25) is 0 Å². The third-order valence-corrected chi connectivity index (χ3v) is 10.5. The standard InChI is InChI=1S/C28H34O15/c29-21(30)9-1-3-13(25(37)38)19-15(7-5-11(17(9)19)23(33)34)27(41)43-28(42)16-8-6-12(24(35)36)18-10(22(31)32)2-4-14(20(16)18)26(39)40/h9-20H,1-8H2,(H,29,30)(H,31,32)(H,33,34)(H,35,36)(H,37,38)(H,39,40). The molecule has 0 bridgehead atoms. The summed E-state index contributed by atoms with van der Waals surface area (Å²) in [7, 11) is 0. The van der Waals surface area contributed by atoms with Gasteiger partial charge in [0.05, 0.1) is 47.3 Å². The Morgan fingerprint density at radius 3 is 0.674 bits per heavy atom. The molecular formula is C28H34O15. The molecule has 15 heteroatoms. The summed E-state index contributed by atoms with van der Waals surface area (Å²) in [5.74, 6) is -25.6. The number of carboxylic acids is 6. The Kier molecular flexibility index (Phi) is 9.11. The average Bonchev–Trinajstić information content (AvgIpc) is 2.93. The summed E-state index contributed by atoms with van der Waals surface area (Å²) >= 11 is 0. The molecule has 0 amide bonds. The van der Waals surface area contributed by atoms with Crippen molar-refractivity contribution in [2.75, 3.05) is 0 Å². The SMILES string of the molecule is O=C(O)C1CCC(C(=O)O)C2C(C(=O)OC(=O)C3CCC(C(=O)O)C4C(C(=O)O)CCC(C(=O)O)C34)CCC(C(=O)O)C12. The highest BCUT2D eigenvalue weighted by Crippen LogP contribution is 2.54. The van der Waals surface area contributed by atoms with Crippen LogP contribution in [0, 0.1) is 71.0 Å². The molecule has 0 aliphatic heterocycles. The van der Waals surface area contributed by atoms with Gasteiger partial charge in [-0.15, -0.1) is 0 Å². The summed E-state index contributed by atoms with van der Waals surface area (Å²) < 4.78 is 5.21. The van der Waals surface area contributed by atoms with Crippen LogP contribution in [0.15, 0.2) is 0 Å². The van der Waals surface area contributed by atoms with E-state index in [1.165, 1.54) is 0 Å². The molecule has 4 saturated carbocycles. The molecule has 12 unspecified atom stereocenters. The van der Waals surface area contributed by atoms with Gasteiger partial charge >= 0.3 is 47.8 Å². The Hall–Kier alpha value is -4.04. The van der Waals surface area contributed by atoms with E-state index in [1.807, 2.05) is 0 Å². The van der Waals surface area contributed by atoms with Crippen LogP contribution in [-0.2, 0) is 43.1 Å². The summed E-state index contributed by atoms with van der Waals surface area (Å²) in [6, 6.07) is 0. The Morgan fingerprint density at radius 2 is 0.488 bits per heavy atom. The highest BCUT2D eigenvalue weighted by molar-refractivity contribution is 5.90. The van der Waals surface area contributed by atoms with Gasteiger partial charge < -0.3 is 35.4 Å². The summed E-state index contributed by atoms with van der Waals surface area (Å²) in [5.41, 5.74) is 0. The van der Waals surface area contributed by atoms with Crippen LogP contribution in [0.1, 0.15) is 51.4 Å². The van der Waals surface area contributed by atoms with Gasteiger partial charge in [0.2, 0.25) is 0 Å². The van der Waals surface area contributed by atoms with E-state index >= 15 is 0 Å². The van der Waals surface area contributed by atoms with Gasteiger partial charge in [-0.05, 0) is 75.0 Å². The Labute approximate surface area is 244 Å². The van der Waals surface area contributed by atoms with Gasteiger partial charge in [-0.3, -0.25) is 38.4 Å². The normalized spacial score (nSPS) is 38.8. The van der Waals surface area contributed by atoms with Crippen molar-refractivity contribution < 1.29 is 73.7 Å². The van der Waals surface area contributed by atoms with E-state index in [2.05, 4.69) is 0 Å². The number of carbonyl (C=O) groups is 8. The predicted octanol–water partition coefficient (Wildman–Crippen LogP) is 1.13. The lowest BCUT2D eigenvalue weighted by Crippen LogP contribution is -2.55. The largest absolute Gasteiger partial charge is 0.481 e. The van der Waals surface area contributed by atoms with E-state index in [1.54, 1.807) is 0 Å². The molecule has 0 aromatic heterocycles. The lowest BCUT2D eigenvalue weighted by atomic mass is 9.53. The number of carbonyl (C=O) groups excluding carboxylic acids is 2. The molecule has 0 aromatic carbocycles. The molecule has 0 saturated heterocycles. The minimum Gasteiger partial charge on any atom is -0.481 e. The van der Waals surface area contributed by atoms with E-state index in [0.29, 0.717) is 0 Å². The molecule has 0 spiro atoms. The molecule has 6 N–H and O–H groups in total. The Morgan fingerprint density at radius 1 is 0.326 bits per heavy atom. The van der Waals surface area contributed by atoms with Gasteiger partial charge in [-0.2, -0.15) is 0 Å². The zero-order valence-electron chi connectivity index (χ0n) is 22.9. The second-order valence-electron chi connectivity index (χ2n) is 12.2. The maximum Gasteiger partial charge on any atom is 0.316 e. The molecule has 236 valence electrons. The highest BCUT2D eigenvalue weighted by atomic mass is 16.6. The number of rotatable bonds is 8. The zero-order chi connectivity index (χ0) is 31.9. The molecular weight excluding hydrogens is 576 g/mol. The van der Waals surface area contributed by atoms with Gasteiger partial charge in [-0.25, -0.2) is 0 Å². The third-order valence-electron chi connectivity index (χ3n) is 10.5. The average molecular weight is 611 g/mol. The summed E-state index contributed by atoms with van der Waals surface area (Å²) in [6.07, 6.45) is -1.25. The minimum atomic E-state index is -1.35. The van der Waals surface area contributed by atoms with Crippen LogP contribution in [0.25, 0.3) is 0 Å². The molecule has 0 radical (unpaired) electrons. The van der Waals surface area contributed by atoms with Crippen molar-refractivity contribution in [3.63, 3.8) is 0 Å². The first-order valence-electron chi connectivity index (χ1n) is 14.3. The van der Waals surface area contributed by atoms with Gasteiger partial charge in [0.25, 0.3) is 0 Å². The van der Waals surface area contributed by atoms with Crippen molar-refractivity contribution in [3.8, 4) is 0 Å². The van der Waals surface area contributed by atoms with Crippen molar-refractivity contribution in [2.45, 2.75) is 51.4 Å². The van der Waals surface area contributed by atoms with Crippen LogP contribution in [0.3, 0.4) is 0 Å². The first-order chi connectivity index (χ1) is 20.2. The molecule has 43 heavy (non-hydrogen) atoms. The van der Waals surface area contributed by atoms with Gasteiger partial charge in [0, 0.05) is 0 Å². The van der Waals surface area contributed by atoms with Gasteiger partial charge in [0.15, 0.2) is 0 Å². The lowest BCUT2D eigenvalue weighted by molar-refractivity contribution is -0.186. The number of fused-ring (bicyclic) bond motifs is 2. The minimum absolute atomic E-state index is 0.116. The second kappa shape index (κ2) is 12.3. The van der Waals surface area contributed by atoms with E-state index in [4.69, 9.17) is 4.74 Å². The molecule has 4 aliphatic carbocycles. The number of hydrogen-bond donors (Lipinski definition) is 6. The van der Waals surface area contributed by atoms with Crippen molar-refractivity contribution >= 4 is 47.8 Å². The van der Waals surface area contributed by atoms with Crippen molar-refractivity contribution in [1.29, 1.82) is 0 Å². The van der Waals surface area contributed by atoms with Gasteiger partial charge in [-0.1, -0.05) is 0 Å². The molecule has 4 rings (SSSR count). The van der Waals surface area contributed by atoms with Gasteiger partial charge in [0.1, 0.15) is 0 Å². The van der Waals surface area contributed by atoms with Crippen molar-refractivity contribution in [2.24, 2.45) is 71.0 Å². The molecule has 0 aromatic rings. The van der Waals surface area contributed by atoms with E-state index in [0.717, 1.165) is 0 Å². The fourth-order valence-electron chi connectivity index (χ4n) is 8.77. The molecule has 0 heterocycles. The van der Waals surface area contributed by atoms with Crippen LogP contribution >= 0.6 is 0 Å². The maximum atomic E-state index is 13.5. The number of hydrogen-bond acceptors (Lipinski definition) is 9. The summed E-state index contributed by atoms with van der Waals surface area (Å²) in [4.78, 5) is 99.5. The fraction of sp³-hybridized carbons (Fsp3) is 0.714. The second-order valence-corrected chi connectivity index (χ2v) is 12.2. The zero-order valence-corrected chi connectivity index (χ0v) is 22.9. The maximum absolute atomic E-state index is 13.5. The van der Waals surface area contributed by atoms with Crippen molar-refractivity contribution in [1.82, 2.24) is 0 Å². The van der Waals surface area contributed by atoms with E-state index in [9.17, 15) is 69.0 Å². The first kappa shape index (κ1) is 31.9. The number of esters is 2. The van der Waals surface area contributed by atoms with Crippen molar-refractivity contribution in [3.05, 3.63) is 0 Å². The van der Waals surface area contributed by atoms with Crippen LogP contribution in [0.4, 0.5) is 0 Å². The molecule has 4 aliphatic rings. The van der Waals surface area contributed by atoms with E-state index < -0.39 is 119 Å². The summed E-state index contributed by atoms with van der Waals surface area (Å²) in [6.45, 7) is 0. The Bertz CT molecular complexity index is 1100. The Balaban J connectivity index is 1.65. The fourth-order valence-corrected chi connectivity index (χ4v) is 8.77. The number of carboxylic acid groups (broad SMARTS) is 6. The number of ether oxygens (including phenoxy) is 1. The van der Waals surface area contributed by atoms with Crippen LogP contribution in [-0.4, -0.2) is 78.4 Å². The third kappa shape index (κ3) is 5.80. The van der Waals surface area contributed by atoms with E-state index in [-0.39, 0.29) is 51.4 Å². The molecule has 12 atom stereocenters. The first-order valence-corrected chi connectivity index (χ1v) is 14.3. The number of aliphatic carboxylic acids is 6. The molecule has 15 nitrogen and oxygen atoms in total.